The van der Waals surface area contributed by atoms with Gasteiger partial charge in [-0.3, -0.25) is 5.32 Å². The van der Waals surface area contributed by atoms with Crippen molar-refractivity contribution in [2.24, 2.45) is 5.92 Å². The summed E-state index contributed by atoms with van der Waals surface area (Å²) in [6.45, 7) is 2.15. The molecule has 0 saturated carbocycles. The SMILES string of the molecule is COc1ccc(NC(=O)N2CCC(COc3ccccc3)CC2)nc1. The molecule has 6 nitrogen and oxygen atoms in total. The van der Waals surface area contributed by atoms with Crippen LogP contribution in [0, 0.1) is 5.92 Å². The Morgan fingerprint density at radius 3 is 2.56 bits per heavy atom. The van der Waals surface area contributed by atoms with Gasteiger partial charge in [-0.05, 0) is 43.0 Å². The number of likely N-dealkylation sites (tertiary alicyclic amines) is 1. The minimum atomic E-state index is -0.111. The third-order valence-corrected chi connectivity index (χ3v) is 4.34. The summed E-state index contributed by atoms with van der Waals surface area (Å²) in [6.07, 6.45) is 3.47. The number of urea groups is 1. The van der Waals surface area contributed by atoms with Gasteiger partial charge in [0.15, 0.2) is 0 Å². The van der Waals surface area contributed by atoms with E-state index in [1.807, 2.05) is 35.2 Å². The fourth-order valence-corrected chi connectivity index (χ4v) is 2.80. The second-order valence-corrected chi connectivity index (χ2v) is 6.07. The van der Waals surface area contributed by atoms with Crippen LogP contribution in [0.25, 0.3) is 0 Å². The van der Waals surface area contributed by atoms with Crippen molar-refractivity contribution < 1.29 is 14.3 Å². The maximum atomic E-state index is 12.3. The van der Waals surface area contributed by atoms with Gasteiger partial charge in [-0.1, -0.05) is 18.2 Å². The molecule has 132 valence electrons. The van der Waals surface area contributed by atoms with E-state index < -0.39 is 0 Å². The Hall–Kier alpha value is -2.76. The first-order valence-corrected chi connectivity index (χ1v) is 8.48. The van der Waals surface area contributed by atoms with Gasteiger partial charge in [0, 0.05) is 13.1 Å². The smallest absolute Gasteiger partial charge is 0.323 e. The molecule has 0 unspecified atom stereocenters. The summed E-state index contributed by atoms with van der Waals surface area (Å²) >= 11 is 0. The molecular formula is C19H23N3O3. The highest BCUT2D eigenvalue weighted by Gasteiger charge is 2.23. The van der Waals surface area contributed by atoms with Crippen molar-refractivity contribution in [3.63, 3.8) is 0 Å². The van der Waals surface area contributed by atoms with Crippen LogP contribution < -0.4 is 14.8 Å². The number of pyridine rings is 1. The number of nitrogens with one attached hydrogen (secondary N) is 1. The van der Waals surface area contributed by atoms with Crippen LogP contribution in [0.5, 0.6) is 11.5 Å². The summed E-state index contributed by atoms with van der Waals surface area (Å²) in [6, 6.07) is 13.2. The zero-order valence-electron chi connectivity index (χ0n) is 14.4. The Balaban J connectivity index is 1.42. The van der Waals surface area contributed by atoms with Crippen molar-refractivity contribution in [3.05, 3.63) is 48.7 Å². The van der Waals surface area contributed by atoms with Crippen molar-refractivity contribution in [2.45, 2.75) is 12.8 Å². The number of anilines is 1. The van der Waals surface area contributed by atoms with Crippen LogP contribution in [0.4, 0.5) is 10.6 Å². The van der Waals surface area contributed by atoms with Crippen molar-refractivity contribution in [1.82, 2.24) is 9.88 Å². The van der Waals surface area contributed by atoms with E-state index >= 15 is 0 Å². The second-order valence-electron chi connectivity index (χ2n) is 6.07. The Bertz CT molecular complexity index is 668. The molecule has 1 aromatic heterocycles. The second kappa shape index (κ2) is 8.37. The van der Waals surface area contributed by atoms with E-state index in [0.717, 1.165) is 31.7 Å². The number of carbonyl (C=O) groups excluding carboxylic acids is 1. The molecule has 1 aromatic carbocycles. The zero-order chi connectivity index (χ0) is 17.5. The standard InChI is InChI=1S/C19H23N3O3/c1-24-17-7-8-18(20-13-17)21-19(23)22-11-9-15(10-12-22)14-25-16-5-3-2-4-6-16/h2-8,13,15H,9-12,14H2,1H3,(H,20,21,23). The van der Waals surface area contributed by atoms with E-state index in [2.05, 4.69) is 10.3 Å². The molecule has 0 radical (unpaired) electrons. The lowest BCUT2D eigenvalue weighted by atomic mass is 9.98. The minimum Gasteiger partial charge on any atom is -0.495 e. The highest BCUT2D eigenvalue weighted by Crippen LogP contribution is 2.20. The van der Waals surface area contributed by atoms with Crippen LogP contribution >= 0.6 is 0 Å². The molecule has 0 atom stereocenters. The summed E-state index contributed by atoms with van der Waals surface area (Å²) in [5, 5.41) is 2.82. The van der Waals surface area contributed by atoms with Crippen molar-refractivity contribution in [1.29, 1.82) is 0 Å². The molecule has 3 rings (SSSR count). The number of rotatable bonds is 5. The van der Waals surface area contributed by atoms with Crippen LogP contribution in [-0.4, -0.2) is 42.7 Å². The first-order valence-electron chi connectivity index (χ1n) is 8.48. The largest absolute Gasteiger partial charge is 0.495 e. The summed E-state index contributed by atoms with van der Waals surface area (Å²) in [5.74, 6) is 2.56. The first-order chi connectivity index (χ1) is 12.2. The molecular weight excluding hydrogens is 318 g/mol. The molecule has 6 heteroatoms. The lowest BCUT2D eigenvalue weighted by Gasteiger charge is -2.31. The van der Waals surface area contributed by atoms with Gasteiger partial charge in [0.2, 0.25) is 0 Å². The predicted octanol–water partition coefficient (Wildman–Crippen LogP) is 3.41. The van der Waals surface area contributed by atoms with Gasteiger partial charge in [-0.25, -0.2) is 9.78 Å². The average molecular weight is 341 g/mol. The van der Waals surface area contributed by atoms with E-state index in [4.69, 9.17) is 9.47 Å². The van der Waals surface area contributed by atoms with Gasteiger partial charge in [-0.15, -0.1) is 0 Å². The number of benzene rings is 1. The third kappa shape index (κ3) is 4.86. The zero-order valence-corrected chi connectivity index (χ0v) is 14.4. The molecule has 0 spiro atoms. The molecule has 2 amide bonds. The summed E-state index contributed by atoms with van der Waals surface area (Å²) in [4.78, 5) is 18.3. The number of carbonyl (C=O) groups is 1. The molecule has 1 aliphatic heterocycles. The van der Waals surface area contributed by atoms with E-state index in [0.29, 0.717) is 24.1 Å². The summed E-state index contributed by atoms with van der Waals surface area (Å²) < 4.78 is 10.9. The number of methoxy groups -OCH3 is 1. The number of hydrogen-bond acceptors (Lipinski definition) is 4. The molecule has 1 saturated heterocycles. The van der Waals surface area contributed by atoms with Crippen LogP contribution in [0.1, 0.15) is 12.8 Å². The molecule has 2 heterocycles. The van der Waals surface area contributed by atoms with Gasteiger partial charge in [0.1, 0.15) is 17.3 Å². The quantitative estimate of drug-likeness (QED) is 0.905. The van der Waals surface area contributed by atoms with Crippen molar-refractivity contribution in [2.75, 3.05) is 32.1 Å². The van der Waals surface area contributed by atoms with Crippen molar-refractivity contribution in [3.8, 4) is 11.5 Å². The molecule has 1 aliphatic rings. The lowest BCUT2D eigenvalue weighted by Crippen LogP contribution is -2.42. The topological polar surface area (TPSA) is 63.7 Å². The van der Waals surface area contributed by atoms with E-state index in [1.165, 1.54) is 0 Å². The van der Waals surface area contributed by atoms with E-state index in [9.17, 15) is 4.79 Å². The molecule has 1 fully saturated rings. The third-order valence-electron chi connectivity index (χ3n) is 4.34. The molecule has 2 aromatic rings. The highest BCUT2D eigenvalue weighted by molar-refractivity contribution is 5.88. The van der Waals surface area contributed by atoms with E-state index in [-0.39, 0.29) is 6.03 Å². The number of piperidine rings is 1. The fourth-order valence-electron chi connectivity index (χ4n) is 2.80. The van der Waals surface area contributed by atoms with Crippen LogP contribution in [0.15, 0.2) is 48.7 Å². The Morgan fingerprint density at radius 1 is 1.16 bits per heavy atom. The number of para-hydroxylation sites is 1. The predicted molar refractivity (Wildman–Crippen MR) is 96.0 cm³/mol. The number of aromatic nitrogens is 1. The first kappa shape index (κ1) is 17.1. The minimum absolute atomic E-state index is 0.111. The number of nitrogens with zero attached hydrogens (tertiary/aromatic N) is 2. The maximum absolute atomic E-state index is 12.3. The van der Waals surface area contributed by atoms with Gasteiger partial charge in [0.25, 0.3) is 0 Å². The molecule has 1 N–H and O–H groups in total. The summed E-state index contributed by atoms with van der Waals surface area (Å²) in [5.41, 5.74) is 0. The van der Waals surface area contributed by atoms with Gasteiger partial charge >= 0.3 is 6.03 Å². The maximum Gasteiger partial charge on any atom is 0.323 e. The fraction of sp³-hybridized carbons (Fsp3) is 0.368. The van der Waals surface area contributed by atoms with Crippen molar-refractivity contribution >= 4 is 11.8 Å². The normalized spacial score (nSPS) is 14.8. The molecule has 0 aliphatic carbocycles. The average Bonchev–Trinajstić information content (AvgIpc) is 2.68. The Kier molecular flexibility index (Phi) is 5.72. The summed E-state index contributed by atoms with van der Waals surface area (Å²) in [7, 11) is 1.58. The van der Waals surface area contributed by atoms with Crippen LogP contribution in [0.2, 0.25) is 0 Å². The Labute approximate surface area is 147 Å². The molecule has 25 heavy (non-hydrogen) atoms. The van der Waals surface area contributed by atoms with Gasteiger partial charge < -0.3 is 14.4 Å². The molecule has 0 bridgehead atoms. The van der Waals surface area contributed by atoms with Gasteiger partial charge in [-0.2, -0.15) is 0 Å². The van der Waals surface area contributed by atoms with Gasteiger partial charge in [0.05, 0.1) is 19.9 Å². The number of ether oxygens (including phenoxy) is 2. The Morgan fingerprint density at radius 2 is 1.92 bits per heavy atom. The highest BCUT2D eigenvalue weighted by atomic mass is 16.5. The van der Waals surface area contributed by atoms with Crippen LogP contribution in [-0.2, 0) is 0 Å². The monoisotopic (exact) mass is 341 g/mol. The number of hydrogen-bond donors (Lipinski definition) is 1. The lowest BCUT2D eigenvalue weighted by molar-refractivity contribution is 0.152. The van der Waals surface area contributed by atoms with E-state index in [1.54, 1.807) is 25.4 Å². The number of amides is 2. The van der Waals surface area contributed by atoms with Crippen LogP contribution in [0.3, 0.4) is 0 Å².